The van der Waals surface area contributed by atoms with E-state index < -0.39 is 0 Å². The normalized spacial score (nSPS) is 43.2. The average molecular weight is 208 g/mol. The third kappa shape index (κ3) is 1.72. The maximum Gasteiger partial charge on any atom is 0.0120 e. The second kappa shape index (κ2) is 3.74. The van der Waals surface area contributed by atoms with E-state index in [1.54, 1.807) is 0 Å². The van der Waals surface area contributed by atoms with E-state index in [0.29, 0.717) is 0 Å². The zero-order chi connectivity index (χ0) is 10.4. The Kier molecular flexibility index (Phi) is 2.52. The van der Waals surface area contributed by atoms with Gasteiger partial charge in [-0.3, -0.25) is 4.90 Å². The van der Waals surface area contributed by atoms with Crippen LogP contribution >= 0.6 is 0 Å². The van der Waals surface area contributed by atoms with Crippen molar-refractivity contribution < 1.29 is 0 Å². The molecule has 2 nitrogen and oxygen atoms in total. The minimum absolute atomic E-state index is 0.923. The van der Waals surface area contributed by atoms with Crippen LogP contribution in [0.1, 0.15) is 26.2 Å². The van der Waals surface area contributed by atoms with Crippen LogP contribution in [-0.4, -0.2) is 49.1 Å². The minimum atomic E-state index is 0.923. The summed E-state index contributed by atoms with van der Waals surface area (Å²) in [6.07, 6.45) is 4.25. The Labute approximate surface area is 93.6 Å². The molecule has 2 saturated heterocycles. The highest BCUT2D eigenvalue weighted by atomic mass is 15.2. The first-order chi connectivity index (χ1) is 7.29. The number of fused-ring (bicyclic) bond motifs is 1. The molecular weight excluding hydrogens is 184 g/mol. The molecule has 0 aromatic heterocycles. The predicted molar refractivity (Wildman–Crippen MR) is 62.9 cm³/mol. The molecule has 3 aliphatic rings. The highest BCUT2D eigenvalue weighted by Gasteiger charge is 2.55. The number of hydrogen-bond donors (Lipinski definition) is 0. The first kappa shape index (κ1) is 10.1. The van der Waals surface area contributed by atoms with E-state index in [1.165, 1.54) is 45.4 Å². The molecule has 0 aromatic rings. The summed E-state index contributed by atoms with van der Waals surface area (Å²) in [7, 11) is 2.25. The molecule has 3 atom stereocenters. The molecule has 0 amide bonds. The topological polar surface area (TPSA) is 6.48 Å². The smallest absolute Gasteiger partial charge is 0.0120 e. The summed E-state index contributed by atoms with van der Waals surface area (Å²) in [5.74, 6) is 3.29. The fraction of sp³-hybridized carbons (Fsp3) is 1.00. The molecule has 1 unspecified atom stereocenters. The van der Waals surface area contributed by atoms with Gasteiger partial charge in [-0.1, -0.05) is 13.3 Å². The van der Waals surface area contributed by atoms with Gasteiger partial charge in [-0.05, 0) is 50.7 Å². The Morgan fingerprint density at radius 3 is 2.20 bits per heavy atom. The molecule has 2 aliphatic heterocycles. The number of hydrogen-bond acceptors (Lipinski definition) is 2. The lowest BCUT2D eigenvalue weighted by molar-refractivity contribution is 0.127. The second-order valence-electron chi connectivity index (χ2n) is 5.89. The Balaban J connectivity index is 1.50. The SMILES string of the molecule is CCC1[C@H]2CN(C3CCN(C)CC3)C[C@@H]12. The van der Waals surface area contributed by atoms with Gasteiger partial charge in [0, 0.05) is 19.1 Å². The second-order valence-corrected chi connectivity index (χ2v) is 5.89. The molecule has 2 heterocycles. The highest BCUT2D eigenvalue weighted by molar-refractivity contribution is 5.05. The van der Waals surface area contributed by atoms with Crippen molar-refractivity contribution in [1.29, 1.82) is 0 Å². The monoisotopic (exact) mass is 208 g/mol. The van der Waals surface area contributed by atoms with Crippen LogP contribution < -0.4 is 0 Å². The van der Waals surface area contributed by atoms with E-state index in [2.05, 4.69) is 23.8 Å². The Morgan fingerprint density at radius 1 is 1.07 bits per heavy atom. The van der Waals surface area contributed by atoms with Gasteiger partial charge in [0.05, 0.1) is 0 Å². The largest absolute Gasteiger partial charge is 0.306 e. The van der Waals surface area contributed by atoms with Gasteiger partial charge >= 0.3 is 0 Å². The Morgan fingerprint density at radius 2 is 1.67 bits per heavy atom. The average Bonchev–Trinajstić information content (AvgIpc) is 2.72. The van der Waals surface area contributed by atoms with Crippen molar-refractivity contribution in [3.63, 3.8) is 0 Å². The van der Waals surface area contributed by atoms with E-state index in [-0.39, 0.29) is 0 Å². The van der Waals surface area contributed by atoms with Crippen LogP contribution in [0.3, 0.4) is 0 Å². The van der Waals surface area contributed by atoms with Crippen LogP contribution in [0.4, 0.5) is 0 Å². The van der Waals surface area contributed by atoms with E-state index in [4.69, 9.17) is 0 Å². The lowest BCUT2D eigenvalue weighted by Crippen LogP contribution is -2.43. The van der Waals surface area contributed by atoms with Gasteiger partial charge in [0.2, 0.25) is 0 Å². The fourth-order valence-electron chi connectivity index (χ4n) is 3.95. The number of nitrogens with zero attached hydrogens (tertiary/aromatic N) is 2. The maximum absolute atomic E-state index is 2.80. The van der Waals surface area contributed by atoms with E-state index in [1.807, 2.05) is 0 Å². The third-order valence-corrected chi connectivity index (χ3v) is 5.08. The van der Waals surface area contributed by atoms with Crippen molar-refractivity contribution in [1.82, 2.24) is 9.80 Å². The molecule has 0 N–H and O–H groups in total. The zero-order valence-electron chi connectivity index (χ0n) is 10.2. The lowest BCUT2D eigenvalue weighted by Gasteiger charge is -2.36. The van der Waals surface area contributed by atoms with Crippen LogP contribution in [0.2, 0.25) is 0 Å². The van der Waals surface area contributed by atoms with Crippen molar-refractivity contribution in [3.8, 4) is 0 Å². The lowest BCUT2D eigenvalue weighted by atomic mass is 10.0. The summed E-state index contributed by atoms with van der Waals surface area (Å²) >= 11 is 0. The van der Waals surface area contributed by atoms with Crippen molar-refractivity contribution >= 4 is 0 Å². The van der Waals surface area contributed by atoms with Crippen molar-refractivity contribution in [3.05, 3.63) is 0 Å². The molecule has 1 saturated carbocycles. The molecule has 15 heavy (non-hydrogen) atoms. The molecule has 86 valence electrons. The standard InChI is InChI=1S/C13H24N2/c1-3-11-12-8-15(9-13(11)12)10-4-6-14(2)7-5-10/h10-13H,3-9H2,1-2H3/t11?,12-,13+. The van der Waals surface area contributed by atoms with Gasteiger partial charge < -0.3 is 4.90 Å². The molecule has 0 aromatic carbocycles. The first-order valence-electron chi connectivity index (χ1n) is 6.72. The number of likely N-dealkylation sites (tertiary alicyclic amines) is 2. The Bertz CT molecular complexity index is 221. The molecule has 0 radical (unpaired) electrons. The summed E-state index contributed by atoms with van der Waals surface area (Å²) in [5, 5.41) is 0. The van der Waals surface area contributed by atoms with Crippen LogP contribution in [-0.2, 0) is 0 Å². The van der Waals surface area contributed by atoms with Crippen LogP contribution in [0.15, 0.2) is 0 Å². The molecule has 3 fully saturated rings. The van der Waals surface area contributed by atoms with Gasteiger partial charge in [-0.15, -0.1) is 0 Å². The van der Waals surface area contributed by atoms with Crippen LogP contribution in [0, 0.1) is 17.8 Å². The van der Waals surface area contributed by atoms with E-state index in [0.717, 1.165) is 23.8 Å². The maximum atomic E-state index is 2.80. The van der Waals surface area contributed by atoms with Gasteiger partial charge in [0.15, 0.2) is 0 Å². The van der Waals surface area contributed by atoms with Crippen molar-refractivity contribution in [2.45, 2.75) is 32.2 Å². The number of rotatable bonds is 2. The van der Waals surface area contributed by atoms with Gasteiger partial charge in [0.1, 0.15) is 0 Å². The first-order valence-corrected chi connectivity index (χ1v) is 6.72. The molecule has 2 heteroatoms. The van der Waals surface area contributed by atoms with Gasteiger partial charge in [-0.25, -0.2) is 0 Å². The Hall–Kier alpha value is -0.0800. The summed E-state index contributed by atoms with van der Waals surface area (Å²) < 4.78 is 0. The predicted octanol–water partition coefficient (Wildman–Crippen LogP) is 1.67. The fourth-order valence-corrected chi connectivity index (χ4v) is 3.95. The zero-order valence-corrected chi connectivity index (χ0v) is 10.2. The summed E-state index contributed by atoms with van der Waals surface area (Å²) in [4.78, 5) is 5.27. The van der Waals surface area contributed by atoms with Crippen LogP contribution in [0.25, 0.3) is 0 Å². The molecule has 1 aliphatic carbocycles. The number of piperidine rings is 2. The summed E-state index contributed by atoms with van der Waals surface area (Å²) in [6.45, 7) is 7.85. The molecule has 0 spiro atoms. The summed E-state index contributed by atoms with van der Waals surface area (Å²) in [6, 6.07) is 0.923. The molecule has 3 rings (SSSR count). The van der Waals surface area contributed by atoms with E-state index >= 15 is 0 Å². The van der Waals surface area contributed by atoms with Gasteiger partial charge in [-0.2, -0.15) is 0 Å². The molecular formula is C13H24N2. The quantitative estimate of drug-likeness (QED) is 0.681. The van der Waals surface area contributed by atoms with Crippen molar-refractivity contribution in [2.24, 2.45) is 17.8 Å². The van der Waals surface area contributed by atoms with Gasteiger partial charge in [0.25, 0.3) is 0 Å². The van der Waals surface area contributed by atoms with Crippen molar-refractivity contribution in [2.75, 3.05) is 33.2 Å². The van der Waals surface area contributed by atoms with E-state index in [9.17, 15) is 0 Å². The van der Waals surface area contributed by atoms with Crippen LogP contribution in [0.5, 0.6) is 0 Å². The highest BCUT2D eigenvalue weighted by Crippen LogP contribution is 2.54. The minimum Gasteiger partial charge on any atom is -0.306 e. The summed E-state index contributed by atoms with van der Waals surface area (Å²) in [5.41, 5.74) is 0. The molecule has 0 bridgehead atoms. The third-order valence-electron chi connectivity index (χ3n) is 5.08.